The quantitative estimate of drug-likeness (QED) is 0.176. The smallest absolute Gasteiger partial charge is 0.187 e. The van der Waals surface area contributed by atoms with Crippen molar-refractivity contribution in [1.82, 2.24) is 9.13 Å². The normalized spacial score (nSPS) is 11.0. The predicted molar refractivity (Wildman–Crippen MR) is 206 cm³/mol. The standard InChI is InChI=1S/C46H24N6/c1-50-32-24-22-31(23-25-32)44-38(28-49)45(51-39-14-6-2-10-33(39)34-11-3-7-15-40(34)51)43(30-20-18-29(26-47)19-21-30)37(27-48)46(44)52-41-16-8-4-12-35(41)36-13-5-9-17-42(36)52/h2-25H. The molecule has 6 heteroatoms. The lowest BCUT2D eigenvalue weighted by molar-refractivity contribution is 1.13. The summed E-state index contributed by atoms with van der Waals surface area (Å²) in [5.74, 6) is 0. The van der Waals surface area contributed by atoms with Gasteiger partial charge in [0.2, 0.25) is 0 Å². The number of rotatable bonds is 4. The van der Waals surface area contributed by atoms with E-state index in [0.29, 0.717) is 56.0 Å². The van der Waals surface area contributed by atoms with Crippen molar-refractivity contribution in [3.63, 3.8) is 0 Å². The first kappa shape index (κ1) is 30.2. The molecule has 0 bridgehead atoms. The van der Waals surface area contributed by atoms with E-state index in [1.807, 2.05) is 97.1 Å². The maximum Gasteiger partial charge on any atom is 0.187 e. The summed E-state index contributed by atoms with van der Waals surface area (Å²) in [4.78, 5) is 3.63. The number of fused-ring (bicyclic) bond motifs is 6. The van der Waals surface area contributed by atoms with Crippen molar-refractivity contribution in [2.75, 3.05) is 0 Å². The lowest BCUT2D eigenvalue weighted by Gasteiger charge is -2.25. The molecule has 52 heavy (non-hydrogen) atoms. The molecule has 0 saturated carbocycles. The van der Waals surface area contributed by atoms with Crippen LogP contribution in [-0.4, -0.2) is 9.13 Å². The van der Waals surface area contributed by atoms with Gasteiger partial charge in [-0.2, -0.15) is 15.8 Å². The lowest BCUT2D eigenvalue weighted by Crippen LogP contribution is -2.11. The van der Waals surface area contributed by atoms with Crippen molar-refractivity contribution >= 4 is 49.3 Å². The number of hydrogen-bond acceptors (Lipinski definition) is 3. The molecule has 0 aliphatic carbocycles. The second-order valence-corrected chi connectivity index (χ2v) is 12.5. The van der Waals surface area contributed by atoms with Crippen molar-refractivity contribution in [2.45, 2.75) is 0 Å². The summed E-state index contributed by atoms with van der Waals surface area (Å²) in [6.45, 7) is 7.63. The monoisotopic (exact) mass is 660 g/mol. The number of hydrogen-bond donors (Lipinski definition) is 0. The molecule has 0 amide bonds. The first-order valence-corrected chi connectivity index (χ1v) is 16.7. The Morgan fingerprint density at radius 2 is 0.769 bits per heavy atom. The molecule has 0 unspecified atom stereocenters. The van der Waals surface area contributed by atoms with E-state index >= 15 is 0 Å². The van der Waals surface area contributed by atoms with Gasteiger partial charge in [-0.1, -0.05) is 109 Å². The fourth-order valence-electron chi connectivity index (χ4n) is 7.69. The molecule has 0 saturated heterocycles. The van der Waals surface area contributed by atoms with Crippen molar-refractivity contribution in [3.05, 3.63) is 174 Å². The Morgan fingerprint density at radius 3 is 1.10 bits per heavy atom. The first-order valence-electron chi connectivity index (χ1n) is 16.7. The third kappa shape index (κ3) is 4.33. The summed E-state index contributed by atoms with van der Waals surface area (Å²) in [6.07, 6.45) is 0. The minimum absolute atomic E-state index is 0.372. The van der Waals surface area contributed by atoms with Crippen LogP contribution in [-0.2, 0) is 0 Å². The Hall–Kier alpha value is -7.90. The minimum Gasteiger partial charge on any atom is -0.307 e. The van der Waals surface area contributed by atoms with Gasteiger partial charge < -0.3 is 9.13 Å². The molecule has 9 rings (SSSR count). The minimum atomic E-state index is 0.372. The van der Waals surface area contributed by atoms with Crippen molar-refractivity contribution in [1.29, 1.82) is 15.8 Å². The summed E-state index contributed by atoms with van der Waals surface area (Å²) in [5, 5.41) is 36.8. The average Bonchev–Trinajstić information content (AvgIpc) is 3.72. The first-order chi connectivity index (χ1) is 25.7. The molecule has 0 atom stereocenters. The molecule has 6 nitrogen and oxygen atoms in total. The van der Waals surface area contributed by atoms with Crippen LogP contribution in [0.1, 0.15) is 16.7 Å². The summed E-state index contributed by atoms with van der Waals surface area (Å²) in [7, 11) is 0. The molecule has 7 aromatic carbocycles. The van der Waals surface area contributed by atoms with Gasteiger partial charge in [0.25, 0.3) is 0 Å². The molecule has 2 heterocycles. The molecule has 0 N–H and O–H groups in total. The molecular weight excluding hydrogens is 637 g/mol. The highest BCUT2D eigenvalue weighted by atomic mass is 15.0. The average molecular weight is 661 g/mol. The van der Waals surface area contributed by atoms with Crippen LogP contribution in [0.2, 0.25) is 0 Å². The second-order valence-electron chi connectivity index (χ2n) is 12.5. The summed E-state index contributed by atoms with van der Waals surface area (Å²) < 4.78 is 4.20. The fourth-order valence-corrected chi connectivity index (χ4v) is 7.69. The van der Waals surface area contributed by atoms with E-state index in [2.05, 4.69) is 56.5 Å². The Bertz CT molecular complexity index is 2780. The van der Waals surface area contributed by atoms with Gasteiger partial charge in [0.15, 0.2) is 5.69 Å². The highest BCUT2D eigenvalue weighted by Crippen LogP contribution is 2.48. The van der Waals surface area contributed by atoms with E-state index in [1.165, 1.54) is 0 Å². The molecule has 0 fully saturated rings. The largest absolute Gasteiger partial charge is 0.307 e. The highest BCUT2D eigenvalue weighted by Gasteiger charge is 2.31. The van der Waals surface area contributed by atoms with Gasteiger partial charge in [0.05, 0.1) is 62.8 Å². The van der Waals surface area contributed by atoms with E-state index in [4.69, 9.17) is 6.57 Å². The van der Waals surface area contributed by atoms with E-state index in [1.54, 1.807) is 24.3 Å². The molecule has 0 radical (unpaired) electrons. The third-order valence-electron chi connectivity index (χ3n) is 9.87. The van der Waals surface area contributed by atoms with Gasteiger partial charge in [-0.05, 0) is 47.5 Å². The van der Waals surface area contributed by atoms with Gasteiger partial charge in [-0.15, -0.1) is 0 Å². The van der Waals surface area contributed by atoms with Crippen LogP contribution in [0.15, 0.2) is 146 Å². The van der Waals surface area contributed by atoms with Crippen molar-refractivity contribution in [2.24, 2.45) is 0 Å². The summed E-state index contributed by atoms with van der Waals surface area (Å²) in [6, 6.07) is 54.3. The Balaban J connectivity index is 1.59. The van der Waals surface area contributed by atoms with Gasteiger partial charge in [0, 0.05) is 32.7 Å². The zero-order valence-electron chi connectivity index (χ0n) is 27.5. The van der Waals surface area contributed by atoms with Crippen molar-refractivity contribution in [3.8, 4) is 51.8 Å². The topological polar surface area (TPSA) is 85.6 Å². The van der Waals surface area contributed by atoms with Gasteiger partial charge >= 0.3 is 0 Å². The van der Waals surface area contributed by atoms with Gasteiger partial charge in [-0.3, -0.25) is 0 Å². The summed E-state index contributed by atoms with van der Waals surface area (Å²) >= 11 is 0. The predicted octanol–water partition coefficient (Wildman–Crippen LogP) is 11.4. The van der Waals surface area contributed by atoms with E-state index in [9.17, 15) is 15.8 Å². The SMILES string of the molecule is [C-]#[N+]c1ccc(-c2c(C#N)c(-n3c4ccccc4c4ccccc43)c(-c3ccc(C#N)cc3)c(C#N)c2-n2c3ccccc3c3ccccc32)cc1. The fraction of sp³-hybridized carbons (Fsp3) is 0. The molecule has 0 aliphatic rings. The number of benzene rings is 7. The third-order valence-corrected chi connectivity index (χ3v) is 9.87. The van der Waals surface area contributed by atoms with Gasteiger partial charge in [0.1, 0.15) is 12.1 Å². The molecule has 2 aromatic heterocycles. The Labute approximate surface area is 298 Å². The van der Waals surface area contributed by atoms with Crippen LogP contribution in [0.5, 0.6) is 0 Å². The van der Waals surface area contributed by atoms with E-state index in [-0.39, 0.29) is 0 Å². The Kier molecular flexibility index (Phi) is 6.91. The number of nitriles is 3. The number of para-hydroxylation sites is 4. The maximum absolute atomic E-state index is 11.5. The summed E-state index contributed by atoms with van der Waals surface area (Å²) in [5.41, 5.74) is 8.93. The lowest BCUT2D eigenvalue weighted by atomic mass is 9.86. The number of aromatic nitrogens is 2. The van der Waals surface area contributed by atoms with E-state index < -0.39 is 0 Å². The van der Waals surface area contributed by atoms with Gasteiger partial charge in [-0.25, -0.2) is 4.85 Å². The zero-order valence-corrected chi connectivity index (χ0v) is 27.5. The van der Waals surface area contributed by atoms with Crippen LogP contribution in [0, 0.1) is 40.6 Å². The maximum atomic E-state index is 11.5. The van der Waals surface area contributed by atoms with Crippen LogP contribution in [0.25, 0.3) is 82.1 Å². The second kappa shape index (κ2) is 11.9. The molecule has 238 valence electrons. The molecule has 9 aromatic rings. The van der Waals surface area contributed by atoms with Crippen molar-refractivity contribution < 1.29 is 0 Å². The highest BCUT2D eigenvalue weighted by molar-refractivity contribution is 6.13. The molecular formula is C46H24N6. The van der Waals surface area contributed by atoms with Crippen LogP contribution in [0.4, 0.5) is 5.69 Å². The zero-order chi connectivity index (χ0) is 35.3. The molecule has 0 spiro atoms. The van der Waals surface area contributed by atoms with Crippen LogP contribution in [0.3, 0.4) is 0 Å². The number of nitrogens with zero attached hydrogens (tertiary/aromatic N) is 6. The van der Waals surface area contributed by atoms with Crippen LogP contribution >= 0.6 is 0 Å². The Morgan fingerprint density at radius 1 is 0.423 bits per heavy atom. The van der Waals surface area contributed by atoms with Crippen LogP contribution < -0.4 is 0 Å². The molecule has 0 aliphatic heterocycles. The van der Waals surface area contributed by atoms with E-state index in [0.717, 1.165) is 43.6 Å².